The summed E-state index contributed by atoms with van der Waals surface area (Å²) in [6, 6.07) is 5.11. The Balaban J connectivity index is 2.86. The monoisotopic (exact) mass is 216 g/mol. The molecule has 0 fully saturated rings. The number of nitrogens with zero attached hydrogens (tertiary/aromatic N) is 3. The van der Waals surface area contributed by atoms with E-state index in [0.29, 0.717) is 11.3 Å². The summed E-state index contributed by atoms with van der Waals surface area (Å²) in [5.41, 5.74) is 15.8. The van der Waals surface area contributed by atoms with Crippen LogP contribution >= 0.6 is 0 Å². The van der Waals surface area contributed by atoms with Gasteiger partial charge in [0.2, 0.25) is 0 Å². The van der Waals surface area contributed by atoms with Crippen LogP contribution in [0.25, 0.3) is 16.5 Å². The van der Waals surface area contributed by atoms with Crippen molar-refractivity contribution in [2.75, 3.05) is 12.3 Å². The molecular weight excluding hydrogens is 204 g/mol. The van der Waals surface area contributed by atoms with Gasteiger partial charge in [0.25, 0.3) is 0 Å². The fourth-order valence-corrected chi connectivity index (χ4v) is 1.21. The molecule has 0 amide bonds. The minimum Gasteiger partial charge on any atom is -0.398 e. The van der Waals surface area contributed by atoms with E-state index in [-0.39, 0.29) is 12.3 Å². The van der Waals surface area contributed by atoms with Crippen LogP contribution in [0.15, 0.2) is 29.4 Å². The smallest absolute Gasteiger partial charge is 0.159 e. The third-order valence-electron chi connectivity index (χ3n) is 2.04. The van der Waals surface area contributed by atoms with E-state index in [1.54, 1.807) is 30.4 Å². The fourth-order valence-electron chi connectivity index (χ4n) is 1.21. The molecule has 0 aliphatic rings. The predicted molar refractivity (Wildman–Crippen MR) is 63.9 cm³/mol. The molecule has 1 aromatic carbocycles. The zero-order valence-electron chi connectivity index (χ0n) is 8.92. The molecule has 0 spiro atoms. The van der Waals surface area contributed by atoms with Crippen LogP contribution in [0.2, 0.25) is 0 Å². The molecule has 2 N–H and O–H groups in total. The number of hydrogen-bond acceptors (Lipinski definition) is 3. The van der Waals surface area contributed by atoms with Crippen LogP contribution < -0.4 is 5.73 Å². The molecule has 0 heterocycles. The summed E-state index contributed by atoms with van der Waals surface area (Å²) in [6.45, 7) is 1.77. The van der Waals surface area contributed by atoms with Crippen LogP contribution in [0.5, 0.6) is 0 Å². The van der Waals surface area contributed by atoms with Gasteiger partial charge >= 0.3 is 0 Å². The summed E-state index contributed by atoms with van der Waals surface area (Å²) in [5.74, 6) is -0.0173. The molecule has 0 saturated carbocycles. The van der Waals surface area contributed by atoms with Gasteiger partial charge in [0.05, 0.1) is 0 Å². The quantitative estimate of drug-likeness (QED) is 0.275. The highest BCUT2D eigenvalue weighted by Gasteiger charge is 2.01. The number of carbonyl (C=O) groups excluding carboxylic acids is 1. The number of Topliss-reactive ketones (excluding diaryl/α,β-unsaturated/α-hetero) is 1. The third kappa shape index (κ3) is 3.15. The lowest BCUT2D eigenvalue weighted by molar-refractivity contribution is 0.101. The zero-order chi connectivity index (χ0) is 12.0. The van der Waals surface area contributed by atoms with E-state index in [4.69, 9.17) is 11.3 Å². The Morgan fingerprint density at radius 2 is 2.38 bits per heavy atom. The first-order valence-electron chi connectivity index (χ1n) is 4.73. The van der Waals surface area contributed by atoms with Gasteiger partial charge in [-0.3, -0.25) is 4.79 Å². The maximum Gasteiger partial charge on any atom is 0.159 e. The van der Waals surface area contributed by atoms with Gasteiger partial charge in [0, 0.05) is 22.7 Å². The molecule has 0 atom stereocenters. The molecule has 1 aromatic rings. The van der Waals surface area contributed by atoms with Crippen molar-refractivity contribution in [1.82, 2.24) is 0 Å². The van der Waals surface area contributed by atoms with E-state index in [0.717, 1.165) is 5.56 Å². The highest BCUT2D eigenvalue weighted by molar-refractivity contribution is 5.95. The molecule has 0 aromatic heterocycles. The summed E-state index contributed by atoms with van der Waals surface area (Å²) in [4.78, 5) is 13.7. The molecule has 16 heavy (non-hydrogen) atoms. The zero-order valence-corrected chi connectivity index (χ0v) is 8.92. The minimum atomic E-state index is -0.0173. The van der Waals surface area contributed by atoms with Gasteiger partial charge in [-0.05, 0) is 24.1 Å². The van der Waals surface area contributed by atoms with Gasteiger partial charge in [-0.2, -0.15) is 0 Å². The van der Waals surface area contributed by atoms with Gasteiger partial charge in [0.1, 0.15) is 0 Å². The average Bonchev–Trinajstić information content (AvgIpc) is 2.26. The Hall–Kier alpha value is -2.26. The molecule has 0 saturated heterocycles. The second-order valence-electron chi connectivity index (χ2n) is 3.22. The topological polar surface area (TPSA) is 91.8 Å². The molecule has 0 aliphatic carbocycles. The molecule has 0 unspecified atom stereocenters. The Bertz CT molecular complexity index is 473. The van der Waals surface area contributed by atoms with E-state index < -0.39 is 0 Å². The van der Waals surface area contributed by atoms with E-state index in [9.17, 15) is 4.79 Å². The number of carbonyl (C=O) groups is 1. The van der Waals surface area contributed by atoms with Crippen LogP contribution in [-0.4, -0.2) is 12.3 Å². The fraction of sp³-hybridized carbons (Fsp3) is 0.182. The van der Waals surface area contributed by atoms with Crippen molar-refractivity contribution in [3.63, 3.8) is 0 Å². The van der Waals surface area contributed by atoms with Crippen LogP contribution in [0.1, 0.15) is 22.8 Å². The Labute approximate surface area is 93.2 Å². The number of benzene rings is 1. The lowest BCUT2D eigenvalue weighted by Crippen LogP contribution is -1.96. The maximum atomic E-state index is 11.1. The van der Waals surface area contributed by atoms with E-state index >= 15 is 0 Å². The van der Waals surface area contributed by atoms with Gasteiger partial charge in [-0.15, -0.1) is 0 Å². The van der Waals surface area contributed by atoms with Gasteiger partial charge in [0.15, 0.2) is 5.78 Å². The van der Waals surface area contributed by atoms with Crippen LogP contribution in [0, 0.1) is 0 Å². The first-order valence-corrected chi connectivity index (χ1v) is 4.73. The Kier molecular flexibility index (Phi) is 4.12. The third-order valence-corrected chi connectivity index (χ3v) is 2.04. The Morgan fingerprint density at radius 1 is 1.62 bits per heavy atom. The van der Waals surface area contributed by atoms with Crippen molar-refractivity contribution in [1.29, 1.82) is 0 Å². The first-order chi connectivity index (χ1) is 7.65. The molecular formula is C11H12N4O. The first kappa shape index (κ1) is 11.8. The van der Waals surface area contributed by atoms with Crippen molar-refractivity contribution in [3.05, 3.63) is 45.8 Å². The largest absolute Gasteiger partial charge is 0.398 e. The maximum absolute atomic E-state index is 11.1. The second-order valence-corrected chi connectivity index (χ2v) is 3.22. The van der Waals surface area contributed by atoms with Crippen molar-refractivity contribution in [3.8, 4) is 0 Å². The number of ketones is 1. The number of hydrogen-bond donors (Lipinski definition) is 1. The Morgan fingerprint density at radius 3 is 2.94 bits per heavy atom. The summed E-state index contributed by atoms with van der Waals surface area (Å²) in [6.07, 6.45) is 3.47. The summed E-state index contributed by atoms with van der Waals surface area (Å²) in [7, 11) is 0. The number of nitrogens with two attached hydrogens (primary N) is 1. The van der Waals surface area contributed by atoms with E-state index in [1.165, 1.54) is 6.92 Å². The van der Waals surface area contributed by atoms with Crippen molar-refractivity contribution in [2.24, 2.45) is 5.11 Å². The van der Waals surface area contributed by atoms with Crippen LogP contribution in [0.4, 0.5) is 5.69 Å². The van der Waals surface area contributed by atoms with E-state index in [2.05, 4.69) is 10.0 Å². The molecule has 1 rings (SSSR count). The molecule has 5 heteroatoms. The normalized spacial score (nSPS) is 10.1. The summed E-state index contributed by atoms with van der Waals surface area (Å²) in [5, 5.41) is 3.36. The van der Waals surface area contributed by atoms with Crippen molar-refractivity contribution in [2.45, 2.75) is 6.92 Å². The molecule has 0 aliphatic heterocycles. The van der Waals surface area contributed by atoms with Crippen molar-refractivity contribution < 1.29 is 4.79 Å². The molecule has 0 radical (unpaired) electrons. The highest BCUT2D eigenvalue weighted by atomic mass is 16.1. The summed E-state index contributed by atoms with van der Waals surface area (Å²) >= 11 is 0. The van der Waals surface area contributed by atoms with Crippen molar-refractivity contribution >= 4 is 17.5 Å². The van der Waals surface area contributed by atoms with E-state index in [1.807, 2.05) is 0 Å². The van der Waals surface area contributed by atoms with Crippen LogP contribution in [0.3, 0.4) is 0 Å². The molecule has 5 nitrogen and oxygen atoms in total. The SMILES string of the molecule is CC(=O)c1ccc(C=CCN=[N+]=[N-])c(N)c1. The molecule has 0 bridgehead atoms. The minimum absolute atomic E-state index is 0.0173. The summed E-state index contributed by atoms with van der Waals surface area (Å²) < 4.78 is 0. The van der Waals surface area contributed by atoms with Gasteiger partial charge in [-0.25, -0.2) is 0 Å². The lowest BCUT2D eigenvalue weighted by Gasteiger charge is -2.02. The van der Waals surface area contributed by atoms with Crippen LogP contribution in [-0.2, 0) is 0 Å². The number of azide groups is 1. The number of nitrogen functional groups attached to an aromatic ring is 1. The predicted octanol–water partition coefficient (Wildman–Crippen LogP) is 2.79. The van der Waals surface area contributed by atoms with Gasteiger partial charge in [-0.1, -0.05) is 29.4 Å². The lowest BCUT2D eigenvalue weighted by atomic mass is 10.1. The van der Waals surface area contributed by atoms with Gasteiger partial charge < -0.3 is 5.73 Å². The number of rotatable bonds is 4. The second kappa shape index (κ2) is 5.58. The average molecular weight is 216 g/mol. The highest BCUT2D eigenvalue weighted by Crippen LogP contribution is 2.16. The molecule has 82 valence electrons. The number of anilines is 1. The standard InChI is InChI=1S/C11H12N4O/c1-8(16)10-5-4-9(11(12)7-10)3-2-6-14-15-13/h2-5,7H,6,12H2,1H3.